The molecule has 2 heterocycles. The van der Waals surface area contributed by atoms with Gasteiger partial charge >= 0.3 is 12.0 Å². The number of oxazole rings is 1. The number of halogens is 1. The molecule has 3 rings (SSSR count). The summed E-state index contributed by atoms with van der Waals surface area (Å²) < 4.78 is 18.8. The summed E-state index contributed by atoms with van der Waals surface area (Å²) in [5.41, 5.74) is 0.564. The molecule has 0 bridgehead atoms. The van der Waals surface area contributed by atoms with E-state index in [9.17, 15) is 14.0 Å². The average Bonchev–Trinajstić information content (AvgIpc) is 3.25. The molecule has 1 fully saturated rings. The zero-order valence-electron chi connectivity index (χ0n) is 12.9. The summed E-state index contributed by atoms with van der Waals surface area (Å²) >= 11 is 0. The monoisotopic (exact) mass is 332 g/mol. The third-order valence-electron chi connectivity index (χ3n) is 3.69. The normalized spacial score (nSPS) is 13.8. The Hall–Kier alpha value is -2.90. The van der Waals surface area contributed by atoms with Crippen molar-refractivity contribution in [3.63, 3.8) is 0 Å². The number of hydrogen-bond donors (Lipinski definition) is 2. The van der Waals surface area contributed by atoms with Crippen LogP contribution in [-0.4, -0.2) is 41.5 Å². The van der Waals surface area contributed by atoms with Crippen LogP contribution >= 0.6 is 0 Å². The Bertz CT molecular complexity index is 740. The number of hydrogen-bond acceptors (Lipinski definition) is 4. The molecule has 126 valence electrons. The van der Waals surface area contributed by atoms with Gasteiger partial charge in [-0.1, -0.05) is 12.1 Å². The largest absolute Gasteiger partial charge is 0.431 e. The molecule has 0 atom stereocenters. The van der Waals surface area contributed by atoms with Gasteiger partial charge in [0.25, 0.3) is 0 Å². The molecule has 24 heavy (non-hydrogen) atoms. The number of amides is 3. The van der Waals surface area contributed by atoms with E-state index in [4.69, 9.17) is 4.42 Å². The number of rotatable bonds is 4. The minimum Gasteiger partial charge on any atom is -0.431 e. The molecular formula is C16H17FN4O3. The number of benzene rings is 1. The summed E-state index contributed by atoms with van der Waals surface area (Å²) in [6.07, 6.45) is 3.22. The third-order valence-corrected chi connectivity index (χ3v) is 3.69. The first-order chi connectivity index (χ1) is 11.6. The van der Waals surface area contributed by atoms with Gasteiger partial charge in [-0.05, 0) is 25.0 Å². The molecule has 7 nitrogen and oxygen atoms in total. The molecule has 0 spiro atoms. The molecule has 0 saturated carbocycles. The van der Waals surface area contributed by atoms with Crippen molar-refractivity contribution >= 4 is 18.0 Å². The molecule has 0 aliphatic carbocycles. The molecule has 1 aromatic carbocycles. The summed E-state index contributed by atoms with van der Waals surface area (Å²) in [5, 5.41) is 4.96. The van der Waals surface area contributed by atoms with Crippen molar-refractivity contribution in [1.29, 1.82) is 0 Å². The van der Waals surface area contributed by atoms with E-state index < -0.39 is 11.7 Å². The maximum Gasteiger partial charge on any atom is 0.317 e. The lowest BCUT2D eigenvalue weighted by Crippen LogP contribution is -2.41. The van der Waals surface area contributed by atoms with Crippen molar-refractivity contribution in [2.24, 2.45) is 0 Å². The number of carbonyl (C=O) groups is 2. The predicted octanol–water partition coefficient (Wildman–Crippen LogP) is 2.22. The summed E-state index contributed by atoms with van der Waals surface area (Å²) in [5.74, 6) is -0.897. The van der Waals surface area contributed by atoms with E-state index in [2.05, 4.69) is 15.6 Å². The molecule has 0 radical (unpaired) electrons. The van der Waals surface area contributed by atoms with Gasteiger partial charge in [0, 0.05) is 18.7 Å². The summed E-state index contributed by atoms with van der Waals surface area (Å²) in [7, 11) is 0. The number of likely N-dealkylation sites (tertiary alicyclic amines) is 1. The Morgan fingerprint density at radius 3 is 2.75 bits per heavy atom. The first-order valence-electron chi connectivity index (χ1n) is 7.66. The van der Waals surface area contributed by atoms with Crippen molar-refractivity contribution in [3.8, 4) is 11.3 Å². The van der Waals surface area contributed by atoms with Gasteiger partial charge < -0.3 is 14.6 Å². The SMILES string of the molecule is O=C(CNC(=O)N1CCCC1)Nc1nc(-c2ccccc2F)co1. The number of anilines is 1. The van der Waals surface area contributed by atoms with Crippen LogP contribution in [0.4, 0.5) is 15.2 Å². The van der Waals surface area contributed by atoms with Gasteiger partial charge in [-0.3, -0.25) is 10.1 Å². The topological polar surface area (TPSA) is 87.5 Å². The molecule has 1 aromatic heterocycles. The molecule has 8 heteroatoms. The Morgan fingerprint density at radius 1 is 1.25 bits per heavy atom. The van der Waals surface area contributed by atoms with Crippen molar-refractivity contribution in [2.45, 2.75) is 12.8 Å². The quantitative estimate of drug-likeness (QED) is 0.899. The lowest BCUT2D eigenvalue weighted by atomic mass is 10.1. The van der Waals surface area contributed by atoms with E-state index in [1.165, 1.54) is 12.3 Å². The van der Waals surface area contributed by atoms with Crippen LogP contribution in [0.1, 0.15) is 12.8 Å². The van der Waals surface area contributed by atoms with Crippen LogP contribution in [0.15, 0.2) is 34.9 Å². The van der Waals surface area contributed by atoms with E-state index in [1.54, 1.807) is 23.1 Å². The summed E-state index contributed by atoms with van der Waals surface area (Å²) in [6.45, 7) is 1.23. The van der Waals surface area contributed by atoms with E-state index >= 15 is 0 Å². The number of aromatic nitrogens is 1. The second-order valence-electron chi connectivity index (χ2n) is 5.42. The highest BCUT2D eigenvalue weighted by Crippen LogP contribution is 2.23. The molecule has 3 amide bonds. The van der Waals surface area contributed by atoms with E-state index in [1.807, 2.05) is 0 Å². The molecule has 0 unspecified atom stereocenters. The first-order valence-corrected chi connectivity index (χ1v) is 7.66. The number of urea groups is 1. The van der Waals surface area contributed by atoms with E-state index in [0.717, 1.165) is 12.8 Å². The number of nitrogens with one attached hydrogen (secondary N) is 2. The lowest BCUT2D eigenvalue weighted by molar-refractivity contribution is -0.115. The molecule has 2 N–H and O–H groups in total. The van der Waals surface area contributed by atoms with Gasteiger partial charge in [0.1, 0.15) is 17.8 Å². The van der Waals surface area contributed by atoms with Gasteiger partial charge in [0.05, 0.1) is 6.54 Å². The van der Waals surface area contributed by atoms with Crippen molar-refractivity contribution in [2.75, 3.05) is 25.0 Å². The fraction of sp³-hybridized carbons (Fsp3) is 0.312. The van der Waals surface area contributed by atoms with Crippen LogP contribution in [0.2, 0.25) is 0 Å². The Morgan fingerprint density at radius 2 is 2.00 bits per heavy atom. The Labute approximate surface area is 137 Å². The van der Waals surface area contributed by atoms with Crippen LogP contribution in [0.25, 0.3) is 11.3 Å². The fourth-order valence-electron chi connectivity index (χ4n) is 2.48. The molecule has 1 aliphatic heterocycles. The van der Waals surface area contributed by atoms with Crippen LogP contribution in [-0.2, 0) is 4.79 Å². The zero-order chi connectivity index (χ0) is 16.9. The van der Waals surface area contributed by atoms with E-state index in [-0.39, 0.29) is 29.8 Å². The van der Waals surface area contributed by atoms with Crippen LogP contribution < -0.4 is 10.6 Å². The van der Waals surface area contributed by atoms with Gasteiger partial charge in [-0.15, -0.1) is 0 Å². The second-order valence-corrected chi connectivity index (χ2v) is 5.42. The van der Waals surface area contributed by atoms with Crippen LogP contribution in [0, 0.1) is 5.82 Å². The minimum atomic E-state index is -0.468. The standard InChI is InChI=1S/C16H17FN4O3/c17-12-6-2-1-5-11(12)13-10-24-15(19-13)20-14(22)9-18-16(23)21-7-3-4-8-21/h1-2,5-6,10H,3-4,7-9H2,(H,18,23)(H,19,20,22). The average molecular weight is 332 g/mol. The zero-order valence-corrected chi connectivity index (χ0v) is 12.9. The maximum atomic E-state index is 13.7. The highest BCUT2D eigenvalue weighted by molar-refractivity contribution is 5.92. The van der Waals surface area contributed by atoms with Crippen molar-refractivity contribution < 1.29 is 18.4 Å². The van der Waals surface area contributed by atoms with Gasteiger partial charge in [-0.2, -0.15) is 4.98 Å². The Kier molecular flexibility index (Phi) is 4.74. The van der Waals surface area contributed by atoms with Gasteiger partial charge in [-0.25, -0.2) is 9.18 Å². The number of carbonyl (C=O) groups excluding carboxylic acids is 2. The predicted molar refractivity (Wildman–Crippen MR) is 84.7 cm³/mol. The fourth-order valence-corrected chi connectivity index (χ4v) is 2.48. The van der Waals surface area contributed by atoms with Crippen LogP contribution in [0.5, 0.6) is 0 Å². The van der Waals surface area contributed by atoms with Crippen molar-refractivity contribution in [1.82, 2.24) is 15.2 Å². The summed E-state index contributed by atoms with van der Waals surface area (Å²) in [6, 6.07) is 5.82. The van der Waals surface area contributed by atoms with Crippen molar-refractivity contribution in [3.05, 3.63) is 36.3 Å². The molecule has 1 saturated heterocycles. The van der Waals surface area contributed by atoms with Gasteiger partial charge in [0.2, 0.25) is 5.91 Å². The molecular weight excluding hydrogens is 315 g/mol. The van der Waals surface area contributed by atoms with Crippen LogP contribution in [0.3, 0.4) is 0 Å². The second kappa shape index (κ2) is 7.12. The highest BCUT2D eigenvalue weighted by Gasteiger charge is 2.18. The van der Waals surface area contributed by atoms with Gasteiger partial charge in [0.15, 0.2) is 0 Å². The maximum absolute atomic E-state index is 13.7. The first kappa shape index (κ1) is 16.0. The highest BCUT2D eigenvalue weighted by atomic mass is 19.1. The number of nitrogens with zero attached hydrogens (tertiary/aromatic N) is 2. The lowest BCUT2D eigenvalue weighted by Gasteiger charge is -2.15. The van der Waals surface area contributed by atoms with E-state index in [0.29, 0.717) is 13.1 Å². The Balaban J connectivity index is 1.54. The summed E-state index contributed by atoms with van der Waals surface area (Å²) in [4.78, 5) is 29.3. The third kappa shape index (κ3) is 3.70. The smallest absolute Gasteiger partial charge is 0.317 e. The molecule has 1 aliphatic rings. The minimum absolute atomic E-state index is 0.0475. The molecule has 2 aromatic rings.